The van der Waals surface area contributed by atoms with E-state index in [0.29, 0.717) is 11.7 Å². The topological polar surface area (TPSA) is 51.5 Å². The Balaban J connectivity index is 1.80. The number of anilines is 1. The lowest BCUT2D eigenvalue weighted by Gasteiger charge is -2.08. The van der Waals surface area contributed by atoms with Gasteiger partial charge in [-0.3, -0.25) is 0 Å². The second-order valence-electron chi connectivity index (χ2n) is 4.28. The number of rotatable bonds is 4. The Labute approximate surface area is 121 Å². The summed E-state index contributed by atoms with van der Waals surface area (Å²) in [4.78, 5) is 4.26. The molecule has 0 unspecified atom stereocenters. The van der Waals surface area contributed by atoms with Crippen LogP contribution in [0.1, 0.15) is 5.56 Å². The summed E-state index contributed by atoms with van der Waals surface area (Å²) in [6.07, 6.45) is 3.46. The van der Waals surface area contributed by atoms with Crippen LogP contribution in [0, 0.1) is 0 Å². The summed E-state index contributed by atoms with van der Waals surface area (Å²) in [5.74, 6) is 0.844. The van der Waals surface area contributed by atoms with Gasteiger partial charge in [0, 0.05) is 25.0 Å². The summed E-state index contributed by atoms with van der Waals surface area (Å²) in [5.41, 5.74) is 2.75. The highest BCUT2D eigenvalue weighted by Gasteiger charge is 2.05. The van der Waals surface area contributed by atoms with E-state index in [-0.39, 0.29) is 0 Å². The quantitative estimate of drug-likeness (QED) is 0.802. The lowest BCUT2D eigenvalue weighted by Crippen LogP contribution is -2.03. The molecule has 2 aromatic heterocycles. The monoisotopic (exact) mass is 288 g/mol. The molecule has 0 radical (unpaired) electrons. The molecule has 5 nitrogen and oxygen atoms in total. The number of aromatic nitrogens is 3. The Morgan fingerprint density at radius 2 is 2.10 bits per heavy atom. The summed E-state index contributed by atoms with van der Waals surface area (Å²) in [6.45, 7) is 0.673. The van der Waals surface area contributed by atoms with Gasteiger partial charge in [0.25, 0.3) is 0 Å². The molecule has 102 valence electrons. The zero-order valence-corrected chi connectivity index (χ0v) is 11.6. The van der Waals surface area contributed by atoms with Crippen LogP contribution in [0.4, 0.5) is 5.69 Å². The first-order valence-electron chi connectivity index (χ1n) is 6.13. The zero-order valence-electron chi connectivity index (χ0n) is 10.9. The summed E-state index contributed by atoms with van der Waals surface area (Å²) >= 11 is 5.99. The highest BCUT2D eigenvalue weighted by Crippen LogP contribution is 2.19. The molecule has 0 fully saturated rings. The minimum atomic E-state index is 0.424. The van der Waals surface area contributed by atoms with E-state index in [1.54, 1.807) is 30.1 Å². The van der Waals surface area contributed by atoms with Gasteiger partial charge in [-0.05, 0) is 17.7 Å². The molecule has 1 N–H and O–H groups in total. The van der Waals surface area contributed by atoms with Crippen molar-refractivity contribution in [2.24, 2.45) is 0 Å². The first-order chi connectivity index (χ1) is 9.76. The molecule has 3 aromatic rings. The van der Waals surface area contributed by atoms with Crippen LogP contribution in [0.3, 0.4) is 0 Å². The summed E-state index contributed by atoms with van der Waals surface area (Å²) < 4.78 is 6.79. The van der Waals surface area contributed by atoms with Gasteiger partial charge in [0.2, 0.25) is 0 Å². The second-order valence-corrected chi connectivity index (χ2v) is 4.67. The van der Waals surface area contributed by atoms with E-state index < -0.39 is 0 Å². The van der Waals surface area contributed by atoms with Crippen LogP contribution in [0.2, 0.25) is 5.15 Å². The highest BCUT2D eigenvalue weighted by molar-refractivity contribution is 6.29. The van der Waals surface area contributed by atoms with Crippen molar-refractivity contribution in [3.63, 3.8) is 0 Å². The van der Waals surface area contributed by atoms with E-state index in [0.717, 1.165) is 22.6 Å². The van der Waals surface area contributed by atoms with Gasteiger partial charge < -0.3 is 10.1 Å². The molecule has 0 saturated heterocycles. The van der Waals surface area contributed by atoms with Gasteiger partial charge in [-0.2, -0.15) is 5.10 Å². The Kier molecular flexibility index (Phi) is 3.43. The third kappa shape index (κ3) is 2.53. The van der Waals surface area contributed by atoms with E-state index in [2.05, 4.69) is 15.4 Å². The van der Waals surface area contributed by atoms with Crippen molar-refractivity contribution in [2.75, 3.05) is 12.4 Å². The summed E-state index contributed by atoms with van der Waals surface area (Å²) in [7, 11) is 1.65. The van der Waals surface area contributed by atoms with Crippen molar-refractivity contribution in [3.8, 4) is 5.75 Å². The zero-order chi connectivity index (χ0) is 13.9. The van der Waals surface area contributed by atoms with Gasteiger partial charge in [0.15, 0.2) is 10.8 Å². The van der Waals surface area contributed by atoms with Crippen molar-refractivity contribution < 1.29 is 4.74 Å². The molecule has 0 aliphatic rings. The van der Waals surface area contributed by atoms with Gasteiger partial charge in [-0.1, -0.05) is 23.7 Å². The Morgan fingerprint density at radius 1 is 1.30 bits per heavy atom. The van der Waals surface area contributed by atoms with Gasteiger partial charge in [0.1, 0.15) is 5.75 Å². The molecule has 1 aromatic carbocycles. The maximum absolute atomic E-state index is 5.99. The fourth-order valence-corrected chi connectivity index (χ4v) is 2.15. The molecule has 0 aliphatic heterocycles. The molecule has 0 spiro atoms. The lowest BCUT2D eigenvalue weighted by atomic mass is 10.2. The van der Waals surface area contributed by atoms with E-state index in [9.17, 15) is 0 Å². The number of ether oxygens (including phenoxy) is 1. The Bertz CT molecular complexity index is 724. The molecular formula is C14H13ClN4O. The molecule has 6 heteroatoms. The molecule has 0 aliphatic carbocycles. The van der Waals surface area contributed by atoms with E-state index in [1.807, 2.05) is 24.3 Å². The number of halogens is 1. The first-order valence-corrected chi connectivity index (χ1v) is 6.51. The fourth-order valence-electron chi connectivity index (χ4n) is 1.96. The maximum Gasteiger partial charge on any atom is 0.177 e. The molecule has 0 saturated carbocycles. The highest BCUT2D eigenvalue weighted by atomic mass is 35.5. The predicted molar refractivity (Wildman–Crippen MR) is 78.3 cm³/mol. The van der Waals surface area contributed by atoms with Crippen LogP contribution in [-0.4, -0.2) is 21.7 Å². The predicted octanol–water partition coefficient (Wildman–Crippen LogP) is 3.00. The van der Waals surface area contributed by atoms with Crippen molar-refractivity contribution in [1.82, 2.24) is 14.6 Å². The number of methoxy groups -OCH3 is 1. The van der Waals surface area contributed by atoms with E-state index in [4.69, 9.17) is 16.3 Å². The van der Waals surface area contributed by atoms with Crippen LogP contribution < -0.4 is 10.1 Å². The van der Waals surface area contributed by atoms with Crippen LogP contribution in [0.25, 0.3) is 5.65 Å². The molecule has 2 heterocycles. The van der Waals surface area contributed by atoms with Crippen molar-refractivity contribution >= 4 is 22.9 Å². The van der Waals surface area contributed by atoms with Crippen molar-refractivity contribution in [3.05, 3.63) is 53.4 Å². The number of fused-ring (bicyclic) bond motifs is 1. The largest absolute Gasteiger partial charge is 0.497 e. The number of nitrogens with zero attached hydrogens (tertiary/aromatic N) is 3. The minimum absolute atomic E-state index is 0.424. The van der Waals surface area contributed by atoms with Gasteiger partial charge in [-0.25, -0.2) is 9.50 Å². The average Bonchev–Trinajstić information content (AvgIpc) is 2.93. The third-order valence-corrected chi connectivity index (χ3v) is 3.16. The Hall–Kier alpha value is -2.27. The summed E-state index contributed by atoms with van der Waals surface area (Å²) in [5, 5.41) is 7.88. The van der Waals surface area contributed by atoms with E-state index >= 15 is 0 Å². The number of nitrogens with one attached hydrogen (secondary N) is 1. The van der Waals surface area contributed by atoms with E-state index in [1.165, 1.54) is 0 Å². The van der Waals surface area contributed by atoms with Crippen LogP contribution in [0.5, 0.6) is 5.75 Å². The molecule has 0 bridgehead atoms. The lowest BCUT2D eigenvalue weighted by molar-refractivity contribution is 0.414. The number of hydrogen-bond acceptors (Lipinski definition) is 4. The first kappa shape index (κ1) is 12.7. The normalized spacial score (nSPS) is 10.7. The maximum atomic E-state index is 5.99. The third-order valence-electron chi connectivity index (χ3n) is 2.97. The molecule has 0 amide bonds. The molecule has 0 atom stereocenters. The molecule has 3 rings (SSSR count). The van der Waals surface area contributed by atoms with Crippen LogP contribution in [-0.2, 0) is 6.54 Å². The smallest absolute Gasteiger partial charge is 0.177 e. The van der Waals surface area contributed by atoms with Crippen molar-refractivity contribution in [2.45, 2.75) is 6.54 Å². The average molecular weight is 289 g/mol. The van der Waals surface area contributed by atoms with Crippen molar-refractivity contribution in [1.29, 1.82) is 0 Å². The van der Waals surface area contributed by atoms with Gasteiger partial charge in [0.05, 0.1) is 12.8 Å². The van der Waals surface area contributed by atoms with Gasteiger partial charge in [-0.15, -0.1) is 0 Å². The van der Waals surface area contributed by atoms with Crippen LogP contribution >= 0.6 is 11.6 Å². The number of imidazole rings is 1. The fraction of sp³-hybridized carbons (Fsp3) is 0.143. The number of benzene rings is 1. The van der Waals surface area contributed by atoms with Gasteiger partial charge >= 0.3 is 0 Å². The molecular weight excluding hydrogens is 276 g/mol. The molecule has 20 heavy (non-hydrogen) atoms. The number of hydrogen-bond donors (Lipinski definition) is 1. The SMILES string of the molecule is COc1ccc(CNc2cc(Cl)nn3ccnc23)cc1. The minimum Gasteiger partial charge on any atom is -0.497 e. The summed E-state index contributed by atoms with van der Waals surface area (Å²) in [6, 6.07) is 9.66. The second kappa shape index (κ2) is 5.38. The standard InChI is InChI=1S/C14H13ClN4O/c1-20-11-4-2-10(3-5-11)9-17-12-8-13(15)18-19-7-6-16-14(12)19/h2-8,17H,9H2,1H3. The Morgan fingerprint density at radius 3 is 2.85 bits per heavy atom. The van der Waals surface area contributed by atoms with Crippen LogP contribution in [0.15, 0.2) is 42.7 Å².